The maximum atomic E-state index is 11.6. The molecule has 0 saturated carbocycles. The number of carboxylic acids is 1. The maximum Gasteiger partial charge on any atom is 0.326 e. The average molecular weight is 275 g/mol. The molecule has 0 fully saturated rings. The largest absolute Gasteiger partial charge is 0.480 e. The standard InChI is InChI=1S/C10H17N3O6/c1-13(5-8(15)19-2)10(18)12-6(9(16)17)3-4-7(11)14/h6H,3-5H2,1-2H3,(H2,11,14)(H,12,18)(H,16,17). The third-order valence-electron chi connectivity index (χ3n) is 2.22. The topological polar surface area (TPSA) is 139 Å². The summed E-state index contributed by atoms with van der Waals surface area (Å²) in [5.74, 6) is -2.59. The molecule has 0 aromatic carbocycles. The minimum atomic E-state index is -1.29. The van der Waals surface area contributed by atoms with Crippen molar-refractivity contribution >= 4 is 23.9 Å². The Morgan fingerprint density at radius 3 is 2.37 bits per heavy atom. The molecule has 0 aromatic rings. The molecule has 1 unspecified atom stereocenters. The molecule has 0 aliphatic heterocycles. The average Bonchev–Trinajstić information content (AvgIpc) is 2.32. The normalized spacial score (nSPS) is 11.3. The predicted octanol–water partition coefficient (Wildman–Crippen LogP) is -1.48. The number of carbonyl (C=O) groups is 4. The first-order valence-electron chi connectivity index (χ1n) is 5.37. The fourth-order valence-corrected chi connectivity index (χ4v) is 1.13. The summed E-state index contributed by atoms with van der Waals surface area (Å²) in [5.41, 5.74) is 4.90. The molecule has 0 rings (SSSR count). The van der Waals surface area contributed by atoms with E-state index < -0.39 is 29.9 Å². The molecule has 0 aliphatic rings. The number of carboxylic acid groups (broad SMARTS) is 1. The second kappa shape index (κ2) is 7.90. The van der Waals surface area contributed by atoms with Crippen molar-refractivity contribution in [2.24, 2.45) is 5.73 Å². The highest BCUT2D eigenvalue weighted by atomic mass is 16.5. The van der Waals surface area contributed by atoms with E-state index in [1.807, 2.05) is 0 Å². The van der Waals surface area contributed by atoms with E-state index in [4.69, 9.17) is 10.8 Å². The smallest absolute Gasteiger partial charge is 0.326 e. The van der Waals surface area contributed by atoms with Crippen molar-refractivity contribution in [1.29, 1.82) is 0 Å². The fourth-order valence-electron chi connectivity index (χ4n) is 1.13. The van der Waals surface area contributed by atoms with Crippen LogP contribution < -0.4 is 11.1 Å². The highest BCUT2D eigenvalue weighted by Crippen LogP contribution is 1.99. The van der Waals surface area contributed by atoms with Crippen LogP contribution in [0.4, 0.5) is 4.79 Å². The van der Waals surface area contributed by atoms with E-state index in [9.17, 15) is 19.2 Å². The first-order chi connectivity index (χ1) is 8.77. The second-order valence-electron chi connectivity index (χ2n) is 3.78. The lowest BCUT2D eigenvalue weighted by molar-refractivity contribution is -0.141. The van der Waals surface area contributed by atoms with Crippen LogP contribution in [0.5, 0.6) is 0 Å². The van der Waals surface area contributed by atoms with Crippen molar-refractivity contribution in [3.05, 3.63) is 0 Å². The van der Waals surface area contributed by atoms with Gasteiger partial charge < -0.3 is 25.8 Å². The zero-order valence-electron chi connectivity index (χ0n) is 10.7. The van der Waals surface area contributed by atoms with E-state index in [2.05, 4.69) is 10.1 Å². The maximum absolute atomic E-state index is 11.6. The van der Waals surface area contributed by atoms with Gasteiger partial charge in [0.1, 0.15) is 12.6 Å². The van der Waals surface area contributed by atoms with Gasteiger partial charge in [0.25, 0.3) is 0 Å². The van der Waals surface area contributed by atoms with E-state index in [1.165, 1.54) is 14.2 Å². The number of carbonyl (C=O) groups excluding carboxylic acids is 3. The number of nitrogens with zero attached hydrogens (tertiary/aromatic N) is 1. The molecule has 0 aromatic heterocycles. The number of nitrogens with two attached hydrogens (primary N) is 1. The monoisotopic (exact) mass is 275 g/mol. The number of ether oxygens (including phenoxy) is 1. The first-order valence-corrected chi connectivity index (χ1v) is 5.37. The molecule has 108 valence electrons. The van der Waals surface area contributed by atoms with E-state index in [0.29, 0.717) is 0 Å². The van der Waals surface area contributed by atoms with Crippen LogP contribution in [0.3, 0.4) is 0 Å². The van der Waals surface area contributed by atoms with Crippen LogP contribution in [0, 0.1) is 0 Å². The molecule has 0 heterocycles. The number of aliphatic carboxylic acids is 1. The molecule has 3 amide bonds. The molecule has 0 radical (unpaired) electrons. The fraction of sp³-hybridized carbons (Fsp3) is 0.600. The summed E-state index contributed by atoms with van der Waals surface area (Å²) in [5, 5.41) is 11.0. The zero-order valence-corrected chi connectivity index (χ0v) is 10.7. The van der Waals surface area contributed by atoms with Crippen molar-refractivity contribution in [3.8, 4) is 0 Å². The number of rotatable bonds is 7. The van der Waals surface area contributed by atoms with Crippen molar-refractivity contribution in [2.45, 2.75) is 18.9 Å². The molecule has 0 saturated heterocycles. The lowest BCUT2D eigenvalue weighted by atomic mass is 10.1. The molecule has 1 atom stereocenters. The summed E-state index contributed by atoms with van der Waals surface area (Å²) in [6.07, 6.45) is -0.291. The Labute approximate surface area is 109 Å². The van der Waals surface area contributed by atoms with Gasteiger partial charge in [-0.1, -0.05) is 0 Å². The van der Waals surface area contributed by atoms with Crippen LogP contribution >= 0.6 is 0 Å². The Kier molecular flexibility index (Phi) is 6.94. The Morgan fingerprint density at radius 2 is 1.95 bits per heavy atom. The highest BCUT2D eigenvalue weighted by Gasteiger charge is 2.23. The molecule has 4 N–H and O–H groups in total. The first kappa shape index (κ1) is 16.7. The quantitative estimate of drug-likeness (QED) is 0.484. The van der Waals surface area contributed by atoms with Gasteiger partial charge in [-0.3, -0.25) is 9.59 Å². The Bertz CT molecular complexity index is 370. The van der Waals surface area contributed by atoms with Gasteiger partial charge in [0.05, 0.1) is 7.11 Å². The van der Waals surface area contributed by atoms with E-state index in [1.54, 1.807) is 0 Å². The summed E-state index contributed by atoms with van der Waals surface area (Å²) in [6, 6.07) is -2.01. The van der Waals surface area contributed by atoms with Gasteiger partial charge in [0.15, 0.2) is 0 Å². The summed E-state index contributed by atoms with van der Waals surface area (Å²) >= 11 is 0. The molecule has 0 spiro atoms. The number of hydrogen-bond acceptors (Lipinski definition) is 5. The highest BCUT2D eigenvalue weighted by molar-refractivity contribution is 5.85. The zero-order chi connectivity index (χ0) is 15.0. The van der Waals surface area contributed by atoms with Gasteiger partial charge in [-0.05, 0) is 6.42 Å². The van der Waals surface area contributed by atoms with E-state index >= 15 is 0 Å². The Balaban J connectivity index is 4.41. The van der Waals surface area contributed by atoms with E-state index in [0.717, 1.165) is 4.90 Å². The molecule has 9 heteroatoms. The van der Waals surface area contributed by atoms with Crippen LogP contribution in [0.25, 0.3) is 0 Å². The SMILES string of the molecule is COC(=O)CN(C)C(=O)NC(CCC(N)=O)C(=O)O. The molecular weight excluding hydrogens is 258 g/mol. The van der Waals surface area contributed by atoms with Crippen molar-refractivity contribution in [1.82, 2.24) is 10.2 Å². The minimum absolute atomic E-state index is 0.123. The molecular formula is C10H17N3O6. The molecule has 9 nitrogen and oxygen atoms in total. The summed E-state index contributed by atoms with van der Waals surface area (Å²) in [4.78, 5) is 44.9. The molecule has 0 aliphatic carbocycles. The summed E-state index contributed by atoms with van der Waals surface area (Å²) in [7, 11) is 2.47. The van der Waals surface area contributed by atoms with Crippen LogP contribution in [-0.4, -0.2) is 60.6 Å². The van der Waals surface area contributed by atoms with Gasteiger partial charge in [-0.2, -0.15) is 0 Å². The number of likely N-dealkylation sites (N-methyl/N-ethyl adjacent to an activating group) is 1. The van der Waals surface area contributed by atoms with Gasteiger partial charge in [-0.25, -0.2) is 9.59 Å². The van der Waals surface area contributed by atoms with Gasteiger partial charge >= 0.3 is 18.0 Å². The number of esters is 1. The molecule has 0 bridgehead atoms. The van der Waals surface area contributed by atoms with Crippen molar-refractivity contribution in [3.63, 3.8) is 0 Å². The van der Waals surface area contributed by atoms with Gasteiger partial charge in [0, 0.05) is 13.5 Å². The van der Waals surface area contributed by atoms with Crippen molar-refractivity contribution in [2.75, 3.05) is 20.7 Å². The lowest BCUT2D eigenvalue weighted by Gasteiger charge is -2.20. The number of nitrogens with one attached hydrogen (secondary N) is 1. The Morgan fingerprint density at radius 1 is 1.37 bits per heavy atom. The number of methoxy groups -OCH3 is 1. The second-order valence-corrected chi connectivity index (χ2v) is 3.78. The Hall–Kier alpha value is -2.32. The predicted molar refractivity (Wildman–Crippen MR) is 63.0 cm³/mol. The summed E-state index contributed by atoms with van der Waals surface area (Å²) < 4.78 is 4.36. The minimum Gasteiger partial charge on any atom is -0.480 e. The molecule has 19 heavy (non-hydrogen) atoms. The number of amides is 3. The van der Waals surface area contributed by atoms with Crippen LogP contribution in [-0.2, 0) is 19.1 Å². The third kappa shape index (κ3) is 6.86. The van der Waals surface area contributed by atoms with Gasteiger partial charge in [-0.15, -0.1) is 0 Å². The van der Waals surface area contributed by atoms with Crippen LogP contribution in [0.1, 0.15) is 12.8 Å². The third-order valence-corrected chi connectivity index (χ3v) is 2.22. The van der Waals surface area contributed by atoms with Crippen molar-refractivity contribution < 1.29 is 29.0 Å². The summed E-state index contributed by atoms with van der Waals surface area (Å²) in [6.45, 7) is -0.315. The number of hydrogen-bond donors (Lipinski definition) is 3. The van der Waals surface area contributed by atoms with Crippen LogP contribution in [0.15, 0.2) is 0 Å². The number of urea groups is 1. The van der Waals surface area contributed by atoms with Crippen LogP contribution in [0.2, 0.25) is 0 Å². The van der Waals surface area contributed by atoms with E-state index in [-0.39, 0.29) is 19.4 Å². The van der Waals surface area contributed by atoms with Gasteiger partial charge in [0.2, 0.25) is 5.91 Å². The number of primary amides is 1. The lowest BCUT2D eigenvalue weighted by Crippen LogP contribution is -2.48.